The molecule has 1 N–H and O–H groups in total. The second-order valence-electron chi connectivity index (χ2n) is 6.64. The molecule has 1 aromatic heterocycles. The standard InChI is InChI=1S/C16H27B2N6Si/c1-4-5-6-10-13-22-17(2)23(15-11-8-7-9-12-15)25-24(18(22)3)16-19-14-20-21-16/h7-9,11-12,14,25H,4-6,10,13H2,1-3H3,(H,19,20,21). The van der Waals surface area contributed by atoms with Crippen molar-refractivity contribution < 1.29 is 0 Å². The van der Waals surface area contributed by atoms with Gasteiger partial charge in [-0.1, -0.05) is 58.0 Å². The Hall–Kier alpha value is -1.73. The van der Waals surface area contributed by atoms with Crippen LogP contribution in [0.2, 0.25) is 13.6 Å². The molecule has 3 rings (SSSR count). The smallest absolute Gasteiger partial charge is 0.324 e. The summed E-state index contributed by atoms with van der Waals surface area (Å²) in [5.41, 5.74) is 1.28. The van der Waals surface area contributed by atoms with Gasteiger partial charge in [-0.2, -0.15) is 5.10 Å². The minimum Gasteiger partial charge on any atom is -0.416 e. The summed E-state index contributed by atoms with van der Waals surface area (Å²) < 4.78 is 7.48. The molecule has 1 aromatic carbocycles. The first-order valence-corrected chi connectivity index (χ1v) is 10.3. The van der Waals surface area contributed by atoms with Crippen LogP contribution >= 0.6 is 0 Å². The van der Waals surface area contributed by atoms with Gasteiger partial charge in [-0.3, -0.25) is 0 Å². The van der Waals surface area contributed by atoms with E-state index in [2.05, 4.69) is 79.8 Å². The molecule has 0 aliphatic carbocycles. The number of unbranched alkanes of at least 4 members (excludes halogenated alkanes) is 3. The number of nitrogens with one attached hydrogen (secondary N) is 1. The van der Waals surface area contributed by atoms with Gasteiger partial charge in [-0.15, -0.1) is 0 Å². The van der Waals surface area contributed by atoms with Gasteiger partial charge in [0.2, 0.25) is 5.95 Å². The van der Waals surface area contributed by atoms with E-state index in [0.717, 1.165) is 12.5 Å². The van der Waals surface area contributed by atoms with Crippen LogP contribution in [0.25, 0.3) is 0 Å². The van der Waals surface area contributed by atoms with Crippen molar-refractivity contribution in [2.45, 2.75) is 46.3 Å². The van der Waals surface area contributed by atoms with Crippen LogP contribution in [-0.4, -0.2) is 50.3 Å². The lowest BCUT2D eigenvalue weighted by Crippen LogP contribution is -2.72. The molecule has 0 atom stereocenters. The highest BCUT2D eigenvalue weighted by Gasteiger charge is 2.42. The Morgan fingerprint density at radius 1 is 1.04 bits per heavy atom. The minimum atomic E-state index is -0.100. The predicted molar refractivity (Wildman–Crippen MR) is 109 cm³/mol. The molecule has 1 aliphatic heterocycles. The molecule has 1 aliphatic rings. The first-order chi connectivity index (χ1) is 12.2. The molecule has 1 radical (unpaired) electrons. The number of hydrogen-bond acceptors (Lipinski definition) is 5. The summed E-state index contributed by atoms with van der Waals surface area (Å²) in [6, 6.07) is 10.7. The highest BCUT2D eigenvalue weighted by molar-refractivity contribution is 6.92. The number of hydrogen-bond donors (Lipinski definition) is 1. The predicted octanol–water partition coefficient (Wildman–Crippen LogP) is 2.52. The molecular weight excluding hydrogens is 326 g/mol. The van der Waals surface area contributed by atoms with Crippen molar-refractivity contribution in [3.8, 4) is 0 Å². The van der Waals surface area contributed by atoms with E-state index in [0.29, 0.717) is 14.0 Å². The van der Waals surface area contributed by atoms with Crippen molar-refractivity contribution in [1.29, 1.82) is 0 Å². The van der Waals surface area contributed by atoms with Gasteiger partial charge < -0.3 is 13.7 Å². The van der Waals surface area contributed by atoms with E-state index in [9.17, 15) is 0 Å². The SMILES string of the molecule is CCCCCCN1B(C)N(c2ccccc2)[SiH]N(c2ncn[nH]2)B1C. The van der Waals surface area contributed by atoms with Crippen LogP contribution in [0.3, 0.4) is 0 Å². The molecule has 1 saturated heterocycles. The number of rotatable bonds is 7. The lowest BCUT2D eigenvalue weighted by Gasteiger charge is -2.49. The Kier molecular flexibility index (Phi) is 6.20. The molecule has 9 heteroatoms. The number of para-hydroxylation sites is 1. The Balaban J connectivity index is 1.81. The monoisotopic (exact) mass is 353 g/mol. The Bertz CT molecular complexity index is 629. The van der Waals surface area contributed by atoms with E-state index < -0.39 is 0 Å². The maximum absolute atomic E-state index is 4.41. The molecule has 1 fully saturated rings. The van der Waals surface area contributed by atoms with Crippen LogP contribution in [0.5, 0.6) is 0 Å². The summed E-state index contributed by atoms with van der Waals surface area (Å²) in [6.07, 6.45) is 6.72. The summed E-state index contributed by atoms with van der Waals surface area (Å²) in [6.45, 7) is 8.68. The van der Waals surface area contributed by atoms with Crippen LogP contribution < -0.4 is 8.95 Å². The van der Waals surface area contributed by atoms with Crippen LogP contribution in [0, 0.1) is 0 Å². The van der Waals surface area contributed by atoms with Crippen molar-refractivity contribution in [2.24, 2.45) is 0 Å². The lowest BCUT2D eigenvalue weighted by atomic mass is 9.61. The zero-order valence-electron chi connectivity index (χ0n) is 15.5. The number of aromatic amines is 1. The van der Waals surface area contributed by atoms with E-state index >= 15 is 0 Å². The van der Waals surface area contributed by atoms with E-state index in [1.54, 1.807) is 6.33 Å². The molecule has 131 valence electrons. The average molecular weight is 353 g/mol. The largest absolute Gasteiger partial charge is 0.416 e. The summed E-state index contributed by atoms with van der Waals surface area (Å²) in [5.74, 6) is 0.869. The molecule has 0 saturated carbocycles. The topological polar surface area (TPSA) is 51.3 Å². The quantitative estimate of drug-likeness (QED) is 0.612. The van der Waals surface area contributed by atoms with Gasteiger partial charge in [-0.05, 0) is 25.1 Å². The number of anilines is 2. The zero-order chi connectivity index (χ0) is 17.6. The maximum Gasteiger partial charge on any atom is 0.324 e. The highest BCUT2D eigenvalue weighted by atomic mass is 28.2. The van der Waals surface area contributed by atoms with Gasteiger partial charge in [0.05, 0.1) is 0 Å². The van der Waals surface area contributed by atoms with Crippen molar-refractivity contribution in [3.05, 3.63) is 36.7 Å². The third kappa shape index (κ3) is 4.09. The summed E-state index contributed by atoms with van der Waals surface area (Å²) in [5, 5.41) is 7.11. The van der Waals surface area contributed by atoms with Gasteiger partial charge in [-0.25, -0.2) is 10.1 Å². The fourth-order valence-corrected chi connectivity index (χ4v) is 5.03. The Morgan fingerprint density at radius 2 is 1.80 bits per heavy atom. The lowest BCUT2D eigenvalue weighted by molar-refractivity contribution is 0.558. The average Bonchev–Trinajstić information content (AvgIpc) is 3.16. The first kappa shape index (κ1) is 18.1. The van der Waals surface area contributed by atoms with Gasteiger partial charge >= 0.3 is 14.0 Å². The third-order valence-electron chi connectivity index (χ3n) is 4.98. The fourth-order valence-electron chi connectivity index (χ4n) is 3.49. The van der Waals surface area contributed by atoms with Gasteiger partial charge in [0.15, 0.2) is 0 Å². The van der Waals surface area contributed by atoms with Gasteiger partial charge in [0.1, 0.15) is 6.33 Å². The zero-order valence-corrected chi connectivity index (χ0v) is 16.6. The van der Waals surface area contributed by atoms with Crippen molar-refractivity contribution >= 4 is 35.4 Å². The van der Waals surface area contributed by atoms with E-state index in [-0.39, 0.29) is 9.84 Å². The maximum atomic E-state index is 4.41. The van der Waals surface area contributed by atoms with E-state index in [1.807, 2.05) is 0 Å². The van der Waals surface area contributed by atoms with E-state index in [4.69, 9.17) is 0 Å². The summed E-state index contributed by atoms with van der Waals surface area (Å²) >= 11 is 0. The number of benzene rings is 1. The Labute approximate surface area is 154 Å². The summed E-state index contributed by atoms with van der Waals surface area (Å²) in [7, 11) is -0.100. The van der Waals surface area contributed by atoms with Gasteiger partial charge in [0.25, 0.3) is 9.84 Å². The molecule has 6 nitrogen and oxygen atoms in total. The third-order valence-corrected chi connectivity index (χ3v) is 6.89. The molecule has 0 amide bonds. The number of H-pyrrole nitrogens is 1. The molecule has 2 aromatic rings. The first-order valence-electron chi connectivity index (χ1n) is 9.30. The van der Waals surface area contributed by atoms with E-state index in [1.165, 1.54) is 31.4 Å². The van der Waals surface area contributed by atoms with Crippen molar-refractivity contribution in [1.82, 2.24) is 19.9 Å². The van der Waals surface area contributed by atoms with Gasteiger partial charge in [0, 0.05) is 5.69 Å². The van der Waals surface area contributed by atoms with Crippen molar-refractivity contribution in [2.75, 3.05) is 15.5 Å². The minimum absolute atomic E-state index is 0.100. The second kappa shape index (κ2) is 8.58. The van der Waals surface area contributed by atoms with Crippen LogP contribution in [-0.2, 0) is 0 Å². The number of aromatic nitrogens is 3. The second-order valence-corrected chi connectivity index (χ2v) is 7.98. The molecule has 0 bridgehead atoms. The Morgan fingerprint density at radius 3 is 2.48 bits per heavy atom. The van der Waals surface area contributed by atoms with Crippen LogP contribution in [0.1, 0.15) is 32.6 Å². The molecule has 0 spiro atoms. The molecule has 25 heavy (non-hydrogen) atoms. The van der Waals surface area contributed by atoms with Crippen LogP contribution in [0.15, 0.2) is 36.7 Å². The highest BCUT2D eigenvalue weighted by Crippen LogP contribution is 2.24. The normalized spacial score (nSPS) is 16.0. The molecule has 0 unspecified atom stereocenters. The summed E-state index contributed by atoms with van der Waals surface area (Å²) in [4.78, 5) is 4.41. The molecular formula is C16H27B2N6Si. The number of nitrogens with zero attached hydrogens (tertiary/aromatic N) is 5. The molecule has 2 heterocycles. The van der Waals surface area contributed by atoms with Crippen LogP contribution in [0.4, 0.5) is 11.6 Å². The fraction of sp³-hybridized carbons (Fsp3) is 0.500. The van der Waals surface area contributed by atoms with Crippen molar-refractivity contribution in [3.63, 3.8) is 0 Å².